The summed E-state index contributed by atoms with van der Waals surface area (Å²) in [5, 5.41) is 14.8. The first-order valence-corrected chi connectivity index (χ1v) is 6.86. The summed E-state index contributed by atoms with van der Waals surface area (Å²) in [6.07, 6.45) is 3.44. The molecule has 102 valence electrons. The van der Waals surface area contributed by atoms with Crippen LogP contribution in [0.3, 0.4) is 0 Å². The fraction of sp³-hybridized carbons (Fsp3) is 0.385. The molecule has 1 unspecified atom stereocenters. The molecule has 19 heavy (non-hydrogen) atoms. The predicted molar refractivity (Wildman–Crippen MR) is 75.1 cm³/mol. The second-order valence-corrected chi connectivity index (χ2v) is 4.96. The molecule has 0 spiro atoms. The fourth-order valence-electron chi connectivity index (χ4n) is 1.96. The van der Waals surface area contributed by atoms with Gasteiger partial charge >= 0.3 is 0 Å². The van der Waals surface area contributed by atoms with E-state index in [2.05, 4.69) is 32.9 Å². The molecule has 1 N–H and O–H groups in total. The van der Waals surface area contributed by atoms with Crippen molar-refractivity contribution in [2.75, 3.05) is 7.11 Å². The highest BCUT2D eigenvalue weighted by Gasteiger charge is 2.22. The molecule has 0 radical (unpaired) electrons. The number of halogens is 1. The quantitative estimate of drug-likeness (QED) is 0.917. The molecule has 6 heteroatoms. The summed E-state index contributed by atoms with van der Waals surface area (Å²) in [5.41, 5.74) is 1.34. The van der Waals surface area contributed by atoms with Gasteiger partial charge in [-0.15, -0.1) is 0 Å². The molecule has 0 aromatic carbocycles. The molecule has 0 amide bonds. The van der Waals surface area contributed by atoms with Gasteiger partial charge in [0.25, 0.3) is 0 Å². The maximum absolute atomic E-state index is 10.6. The minimum Gasteiger partial charge on any atom is -0.481 e. The van der Waals surface area contributed by atoms with Gasteiger partial charge in [-0.3, -0.25) is 4.68 Å². The summed E-state index contributed by atoms with van der Waals surface area (Å²) in [6, 6.07) is 3.57. The van der Waals surface area contributed by atoms with Crippen LogP contribution in [0.2, 0.25) is 0 Å². The molecule has 0 aliphatic rings. The van der Waals surface area contributed by atoms with Gasteiger partial charge in [0.1, 0.15) is 6.10 Å². The minimum atomic E-state index is -0.827. The summed E-state index contributed by atoms with van der Waals surface area (Å²) in [7, 11) is 1.54. The van der Waals surface area contributed by atoms with Crippen LogP contribution in [0.15, 0.2) is 29.0 Å². The number of ether oxygens (including phenoxy) is 1. The molecule has 2 rings (SSSR count). The number of pyridine rings is 1. The van der Waals surface area contributed by atoms with Crippen LogP contribution >= 0.6 is 15.9 Å². The number of hydrogen-bond acceptors (Lipinski definition) is 4. The second-order valence-electron chi connectivity index (χ2n) is 4.11. The van der Waals surface area contributed by atoms with Crippen LogP contribution in [0.1, 0.15) is 30.7 Å². The first kappa shape index (κ1) is 14.0. The average molecular weight is 326 g/mol. The van der Waals surface area contributed by atoms with Crippen molar-refractivity contribution >= 4 is 15.9 Å². The Balaban J connectivity index is 2.43. The van der Waals surface area contributed by atoms with Crippen molar-refractivity contribution in [3.8, 4) is 5.88 Å². The zero-order valence-electron chi connectivity index (χ0n) is 10.9. The molecule has 0 saturated carbocycles. The second kappa shape index (κ2) is 6.16. The van der Waals surface area contributed by atoms with E-state index < -0.39 is 6.10 Å². The number of methoxy groups -OCH3 is 1. The highest BCUT2D eigenvalue weighted by Crippen LogP contribution is 2.32. The van der Waals surface area contributed by atoms with E-state index >= 15 is 0 Å². The number of hydrogen-bond donors (Lipinski definition) is 1. The molecule has 1 atom stereocenters. The highest BCUT2D eigenvalue weighted by atomic mass is 79.9. The summed E-state index contributed by atoms with van der Waals surface area (Å²) < 4.78 is 7.76. The number of aromatic nitrogens is 3. The first-order valence-electron chi connectivity index (χ1n) is 6.07. The Morgan fingerprint density at radius 1 is 1.53 bits per heavy atom. The Kier molecular flexibility index (Phi) is 4.55. The molecular weight excluding hydrogens is 310 g/mol. The number of aryl methyl sites for hydroxylation is 1. The van der Waals surface area contributed by atoms with Gasteiger partial charge < -0.3 is 9.84 Å². The maximum atomic E-state index is 10.6. The van der Waals surface area contributed by atoms with Crippen molar-refractivity contribution in [2.45, 2.75) is 26.0 Å². The van der Waals surface area contributed by atoms with Crippen molar-refractivity contribution < 1.29 is 9.84 Å². The van der Waals surface area contributed by atoms with Gasteiger partial charge in [0.05, 0.1) is 23.5 Å². The first-order chi connectivity index (χ1) is 9.19. The third-order valence-electron chi connectivity index (χ3n) is 2.82. The fourth-order valence-corrected chi connectivity index (χ4v) is 2.48. The number of aliphatic hydroxyl groups excluding tert-OH is 1. The van der Waals surface area contributed by atoms with Crippen LogP contribution < -0.4 is 4.74 Å². The van der Waals surface area contributed by atoms with Crippen LogP contribution in [0.4, 0.5) is 0 Å². The van der Waals surface area contributed by atoms with Crippen molar-refractivity contribution in [2.24, 2.45) is 0 Å². The predicted octanol–water partition coefficient (Wildman–Crippen LogP) is 2.54. The van der Waals surface area contributed by atoms with Gasteiger partial charge in [0, 0.05) is 18.3 Å². The Bertz CT molecular complexity index is 557. The van der Waals surface area contributed by atoms with E-state index in [1.807, 2.05) is 0 Å². The topological polar surface area (TPSA) is 60.2 Å². The monoisotopic (exact) mass is 325 g/mol. The van der Waals surface area contributed by atoms with Crippen molar-refractivity contribution in [1.29, 1.82) is 0 Å². The van der Waals surface area contributed by atoms with Gasteiger partial charge in [-0.25, -0.2) is 4.98 Å². The van der Waals surface area contributed by atoms with E-state index in [9.17, 15) is 5.11 Å². The van der Waals surface area contributed by atoms with Gasteiger partial charge in [0.15, 0.2) is 0 Å². The molecule has 2 aromatic heterocycles. The van der Waals surface area contributed by atoms with E-state index in [4.69, 9.17) is 4.74 Å². The molecule has 0 bridgehead atoms. The van der Waals surface area contributed by atoms with Crippen LogP contribution in [0, 0.1) is 0 Å². The molecule has 2 aromatic rings. The molecule has 0 aliphatic carbocycles. The Hall–Kier alpha value is -1.40. The molecule has 0 aliphatic heterocycles. The Morgan fingerprint density at radius 2 is 2.32 bits per heavy atom. The van der Waals surface area contributed by atoms with E-state index in [0.29, 0.717) is 17.1 Å². The van der Waals surface area contributed by atoms with Crippen molar-refractivity contribution in [3.63, 3.8) is 0 Å². The lowest BCUT2D eigenvalue weighted by Gasteiger charge is -2.16. The number of aliphatic hydroxyl groups is 1. The van der Waals surface area contributed by atoms with Gasteiger partial charge in [-0.1, -0.05) is 6.92 Å². The number of nitrogens with zero attached hydrogens (tertiary/aromatic N) is 3. The van der Waals surface area contributed by atoms with Gasteiger partial charge in [-0.05, 0) is 34.5 Å². The molecule has 0 fully saturated rings. The van der Waals surface area contributed by atoms with Crippen LogP contribution in [0.5, 0.6) is 5.88 Å². The zero-order valence-corrected chi connectivity index (χ0v) is 12.5. The highest BCUT2D eigenvalue weighted by molar-refractivity contribution is 9.10. The lowest BCUT2D eigenvalue weighted by atomic mass is 10.1. The Morgan fingerprint density at radius 3 is 3.00 bits per heavy atom. The van der Waals surface area contributed by atoms with E-state index in [0.717, 1.165) is 17.4 Å². The van der Waals surface area contributed by atoms with E-state index in [1.54, 1.807) is 29.2 Å². The van der Waals surface area contributed by atoms with E-state index in [1.165, 1.54) is 7.11 Å². The van der Waals surface area contributed by atoms with Gasteiger partial charge in [0.2, 0.25) is 5.88 Å². The molecule has 2 heterocycles. The smallest absolute Gasteiger partial charge is 0.219 e. The molecular formula is C13H16BrN3O2. The number of rotatable bonds is 5. The summed E-state index contributed by atoms with van der Waals surface area (Å²) in [5.74, 6) is 0.422. The third-order valence-corrected chi connectivity index (χ3v) is 3.43. The van der Waals surface area contributed by atoms with Crippen LogP contribution in [-0.2, 0) is 6.54 Å². The Labute approximate surface area is 120 Å². The molecule has 0 saturated heterocycles. The third kappa shape index (κ3) is 2.79. The maximum Gasteiger partial charge on any atom is 0.219 e. The van der Waals surface area contributed by atoms with Gasteiger partial charge in [-0.2, -0.15) is 5.10 Å². The van der Waals surface area contributed by atoms with Crippen molar-refractivity contribution in [1.82, 2.24) is 14.8 Å². The zero-order chi connectivity index (χ0) is 13.8. The van der Waals surface area contributed by atoms with Crippen molar-refractivity contribution in [3.05, 3.63) is 40.3 Å². The summed E-state index contributed by atoms with van der Waals surface area (Å²) >= 11 is 3.43. The van der Waals surface area contributed by atoms with E-state index in [-0.39, 0.29) is 0 Å². The summed E-state index contributed by atoms with van der Waals surface area (Å²) in [6.45, 7) is 2.82. The summed E-state index contributed by atoms with van der Waals surface area (Å²) in [4.78, 5) is 4.11. The lowest BCUT2D eigenvalue weighted by molar-refractivity contribution is 0.200. The lowest BCUT2D eigenvalue weighted by Crippen LogP contribution is -2.12. The average Bonchev–Trinajstić information content (AvgIpc) is 2.79. The normalized spacial score (nSPS) is 12.4. The van der Waals surface area contributed by atoms with Crippen LogP contribution in [0.25, 0.3) is 0 Å². The largest absolute Gasteiger partial charge is 0.481 e. The van der Waals surface area contributed by atoms with Crippen LogP contribution in [-0.4, -0.2) is 27.0 Å². The standard InChI is InChI=1S/C13H16BrN3O2/c1-3-7-17-11(10(14)8-16-17)12(18)9-5-4-6-15-13(9)19-2/h4-6,8,12,18H,3,7H2,1-2H3. The minimum absolute atomic E-state index is 0.422. The molecule has 5 nitrogen and oxygen atoms in total. The SMILES string of the molecule is CCCn1ncc(Br)c1C(O)c1cccnc1OC.